The van der Waals surface area contributed by atoms with Crippen molar-refractivity contribution in [3.05, 3.63) is 12.4 Å². The van der Waals surface area contributed by atoms with Gasteiger partial charge in [0, 0.05) is 44.8 Å². The largest absolute Gasteiger partial charge is 0.378 e. The molecule has 0 spiro atoms. The number of hydrogen-bond donors (Lipinski definition) is 0. The summed E-state index contributed by atoms with van der Waals surface area (Å²) < 4.78 is 5.35. The summed E-state index contributed by atoms with van der Waals surface area (Å²) in [5.74, 6) is 2.40. The molecule has 2 fully saturated rings. The summed E-state index contributed by atoms with van der Waals surface area (Å²) in [6.07, 6.45) is 1.97. The maximum absolute atomic E-state index is 12.3. The van der Waals surface area contributed by atoms with Crippen LogP contribution in [0.2, 0.25) is 0 Å². The number of nitrogens with zero attached hydrogens (tertiary/aromatic N) is 4. The first-order chi connectivity index (χ1) is 11.1. The van der Waals surface area contributed by atoms with Crippen molar-refractivity contribution in [2.45, 2.75) is 13.3 Å². The molecule has 3 rings (SSSR count). The third kappa shape index (κ3) is 4.00. The van der Waals surface area contributed by atoms with Crippen molar-refractivity contribution in [3.8, 4) is 0 Å². The number of carbonyl (C=O) groups excluding carboxylic acids is 2. The van der Waals surface area contributed by atoms with Gasteiger partial charge in [-0.25, -0.2) is 9.97 Å². The molecule has 2 aliphatic heterocycles. The van der Waals surface area contributed by atoms with Crippen LogP contribution < -0.4 is 9.80 Å². The normalized spacial score (nSPS) is 21.8. The van der Waals surface area contributed by atoms with Crippen LogP contribution in [-0.4, -0.2) is 59.6 Å². The summed E-state index contributed by atoms with van der Waals surface area (Å²) in [5, 5.41) is 0.0903. The number of morpholine rings is 1. The average molecular weight is 336 g/mol. The summed E-state index contributed by atoms with van der Waals surface area (Å²) in [4.78, 5) is 35.7. The van der Waals surface area contributed by atoms with Crippen molar-refractivity contribution >= 4 is 34.4 Å². The smallest absolute Gasteiger partial charge is 0.228 e. The van der Waals surface area contributed by atoms with Crippen LogP contribution in [0.5, 0.6) is 0 Å². The fourth-order valence-corrected chi connectivity index (χ4v) is 3.49. The highest BCUT2D eigenvalue weighted by Crippen LogP contribution is 2.27. The summed E-state index contributed by atoms with van der Waals surface area (Å²) in [6.45, 7) is 5.13. The SMILES string of the molecule is CC(=O)SCC1CC(=O)N(c2cc(N3CCOCC3)ncn2)C1. The summed E-state index contributed by atoms with van der Waals surface area (Å²) in [6, 6.07) is 1.86. The van der Waals surface area contributed by atoms with E-state index in [1.54, 1.807) is 11.8 Å². The van der Waals surface area contributed by atoms with Gasteiger partial charge in [0.15, 0.2) is 5.12 Å². The molecular formula is C15H20N4O3S. The fourth-order valence-electron chi connectivity index (χ4n) is 2.80. The molecule has 1 aromatic rings. The molecule has 0 aliphatic carbocycles. The highest BCUT2D eigenvalue weighted by molar-refractivity contribution is 8.13. The monoisotopic (exact) mass is 336 g/mol. The molecule has 3 heterocycles. The first-order valence-electron chi connectivity index (χ1n) is 7.72. The molecule has 0 aromatic carbocycles. The maximum Gasteiger partial charge on any atom is 0.228 e. The van der Waals surface area contributed by atoms with Crippen molar-refractivity contribution in [1.29, 1.82) is 0 Å². The lowest BCUT2D eigenvalue weighted by Crippen LogP contribution is -2.37. The van der Waals surface area contributed by atoms with Crippen molar-refractivity contribution in [2.75, 3.05) is 48.4 Å². The van der Waals surface area contributed by atoms with E-state index >= 15 is 0 Å². The number of ether oxygens (including phenoxy) is 1. The van der Waals surface area contributed by atoms with E-state index in [4.69, 9.17) is 4.74 Å². The fraction of sp³-hybridized carbons (Fsp3) is 0.600. The molecule has 0 radical (unpaired) electrons. The molecule has 124 valence electrons. The number of anilines is 2. The summed E-state index contributed by atoms with van der Waals surface area (Å²) in [7, 11) is 0. The van der Waals surface area contributed by atoms with Gasteiger partial charge in [0.2, 0.25) is 5.91 Å². The van der Waals surface area contributed by atoms with Gasteiger partial charge in [0.1, 0.15) is 18.0 Å². The Hall–Kier alpha value is -1.67. The van der Waals surface area contributed by atoms with Crippen LogP contribution in [-0.2, 0) is 14.3 Å². The van der Waals surface area contributed by atoms with E-state index in [9.17, 15) is 9.59 Å². The maximum atomic E-state index is 12.3. The second kappa shape index (κ2) is 7.27. The molecule has 2 saturated heterocycles. The zero-order chi connectivity index (χ0) is 16.2. The minimum Gasteiger partial charge on any atom is -0.378 e. The molecule has 1 atom stereocenters. The highest BCUT2D eigenvalue weighted by atomic mass is 32.2. The van der Waals surface area contributed by atoms with Crippen LogP contribution in [0.25, 0.3) is 0 Å². The van der Waals surface area contributed by atoms with Crippen LogP contribution in [0.4, 0.5) is 11.6 Å². The Kier molecular flexibility index (Phi) is 5.12. The quantitative estimate of drug-likeness (QED) is 0.810. The van der Waals surface area contributed by atoms with E-state index in [0.717, 1.165) is 18.9 Å². The Morgan fingerprint density at radius 2 is 2.09 bits per heavy atom. The minimum atomic E-state index is 0.0609. The average Bonchev–Trinajstić information content (AvgIpc) is 2.95. The Balaban J connectivity index is 1.69. The van der Waals surface area contributed by atoms with Gasteiger partial charge >= 0.3 is 0 Å². The van der Waals surface area contributed by atoms with E-state index in [-0.39, 0.29) is 16.9 Å². The lowest BCUT2D eigenvalue weighted by molar-refractivity contribution is -0.117. The van der Waals surface area contributed by atoms with Crippen molar-refractivity contribution < 1.29 is 14.3 Å². The van der Waals surface area contributed by atoms with Crippen LogP contribution >= 0.6 is 11.8 Å². The Labute approximate surface area is 139 Å². The van der Waals surface area contributed by atoms with Gasteiger partial charge in [-0.2, -0.15) is 0 Å². The topological polar surface area (TPSA) is 75.6 Å². The molecule has 0 bridgehead atoms. The molecule has 1 aromatic heterocycles. The standard InChI is InChI=1S/C15H20N4O3S/c1-11(20)23-9-12-6-15(21)19(8-12)14-7-13(16-10-17-14)18-2-4-22-5-3-18/h7,10,12H,2-6,8-9H2,1H3. The predicted octanol–water partition coefficient (Wildman–Crippen LogP) is 0.946. The lowest BCUT2D eigenvalue weighted by atomic mass is 10.1. The Morgan fingerprint density at radius 1 is 1.35 bits per heavy atom. The minimum absolute atomic E-state index is 0.0609. The molecule has 0 saturated carbocycles. The van der Waals surface area contributed by atoms with Gasteiger partial charge in [-0.3, -0.25) is 14.5 Å². The van der Waals surface area contributed by atoms with E-state index in [0.29, 0.717) is 37.8 Å². The van der Waals surface area contributed by atoms with Gasteiger partial charge in [-0.1, -0.05) is 11.8 Å². The number of thioether (sulfide) groups is 1. The van der Waals surface area contributed by atoms with E-state index in [1.807, 2.05) is 6.07 Å². The molecule has 1 amide bonds. The van der Waals surface area contributed by atoms with Crippen LogP contribution in [0, 0.1) is 5.92 Å². The Morgan fingerprint density at radius 3 is 2.83 bits per heavy atom. The third-order valence-corrected chi connectivity index (χ3v) is 5.02. The molecular weight excluding hydrogens is 316 g/mol. The van der Waals surface area contributed by atoms with Crippen molar-refractivity contribution in [1.82, 2.24) is 9.97 Å². The zero-order valence-electron chi connectivity index (χ0n) is 13.1. The van der Waals surface area contributed by atoms with E-state index in [1.165, 1.54) is 18.1 Å². The van der Waals surface area contributed by atoms with E-state index in [2.05, 4.69) is 14.9 Å². The summed E-state index contributed by atoms with van der Waals surface area (Å²) >= 11 is 1.28. The number of aromatic nitrogens is 2. The van der Waals surface area contributed by atoms with Gasteiger partial charge in [0.05, 0.1) is 13.2 Å². The van der Waals surface area contributed by atoms with Gasteiger partial charge in [-0.05, 0) is 5.92 Å². The number of carbonyl (C=O) groups is 2. The lowest BCUT2D eigenvalue weighted by Gasteiger charge is -2.28. The zero-order valence-corrected chi connectivity index (χ0v) is 13.9. The van der Waals surface area contributed by atoms with Crippen LogP contribution in [0.3, 0.4) is 0 Å². The molecule has 0 N–H and O–H groups in total. The van der Waals surface area contributed by atoms with Crippen molar-refractivity contribution in [2.24, 2.45) is 5.92 Å². The predicted molar refractivity (Wildman–Crippen MR) is 88.7 cm³/mol. The van der Waals surface area contributed by atoms with E-state index < -0.39 is 0 Å². The second-order valence-electron chi connectivity index (χ2n) is 5.71. The number of hydrogen-bond acceptors (Lipinski definition) is 7. The first-order valence-corrected chi connectivity index (χ1v) is 8.70. The molecule has 23 heavy (non-hydrogen) atoms. The Bertz CT molecular complexity index is 592. The first kappa shape index (κ1) is 16.2. The number of rotatable bonds is 4. The summed E-state index contributed by atoms with van der Waals surface area (Å²) in [5.41, 5.74) is 0. The van der Waals surface area contributed by atoms with Crippen LogP contribution in [0.1, 0.15) is 13.3 Å². The van der Waals surface area contributed by atoms with Crippen LogP contribution in [0.15, 0.2) is 12.4 Å². The molecule has 1 unspecified atom stereocenters. The second-order valence-corrected chi connectivity index (χ2v) is 6.91. The van der Waals surface area contributed by atoms with Gasteiger partial charge in [0.25, 0.3) is 0 Å². The third-order valence-electron chi connectivity index (χ3n) is 3.98. The van der Waals surface area contributed by atoms with Gasteiger partial charge < -0.3 is 9.64 Å². The highest BCUT2D eigenvalue weighted by Gasteiger charge is 2.32. The molecule has 7 nitrogen and oxygen atoms in total. The number of amides is 1. The van der Waals surface area contributed by atoms with Crippen molar-refractivity contribution in [3.63, 3.8) is 0 Å². The molecule has 2 aliphatic rings. The van der Waals surface area contributed by atoms with Gasteiger partial charge in [-0.15, -0.1) is 0 Å². The molecule has 8 heteroatoms.